The van der Waals surface area contributed by atoms with Crippen molar-refractivity contribution in [3.8, 4) is 0 Å². The highest BCUT2D eigenvalue weighted by atomic mass is 15.2. The van der Waals surface area contributed by atoms with Gasteiger partial charge in [-0.2, -0.15) is 0 Å². The van der Waals surface area contributed by atoms with Crippen molar-refractivity contribution in [2.45, 2.75) is 98.8 Å². The van der Waals surface area contributed by atoms with Gasteiger partial charge in [-0.15, -0.1) is 0 Å². The first-order chi connectivity index (χ1) is 13.2. The summed E-state index contributed by atoms with van der Waals surface area (Å²) in [5.41, 5.74) is 0. The van der Waals surface area contributed by atoms with Crippen LogP contribution in [0.2, 0.25) is 0 Å². The maximum Gasteiger partial charge on any atom is 0.0110 e. The first kappa shape index (κ1) is 26.9. The van der Waals surface area contributed by atoms with E-state index in [0.717, 1.165) is 0 Å². The normalized spacial score (nSPS) is 12.0. The van der Waals surface area contributed by atoms with E-state index in [1.165, 1.54) is 123 Å². The summed E-state index contributed by atoms with van der Waals surface area (Å²) < 4.78 is 0. The van der Waals surface area contributed by atoms with E-state index in [9.17, 15) is 0 Å². The molecule has 0 atom stereocenters. The third-order valence-corrected chi connectivity index (χ3v) is 5.60. The van der Waals surface area contributed by atoms with Gasteiger partial charge in [0.2, 0.25) is 0 Å². The van der Waals surface area contributed by atoms with E-state index in [4.69, 9.17) is 0 Å². The molecule has 0 amide bonds. The number of nitrogens with zero attached hydrogens (tertiary/aromatic N) is 3. The molecule has 3 nitrogen and oxygen atoms in total. The molecule has 27 heavy (non-hydrogen) atoms. The van der Waals surface area contributed by atoms with Crippen LogP contribution in [0.4, 0.5) is 0 Å². The van der Waals surface area contributed by atoms with Crippen molar-refractivity contribution < 1.29 is 0 Å². The van der Waals surface area contributed by atoms with Crippen LogP contribution < -0.4 is 0 Å². The molecule has 0 N–H and O–H groups in total. The fourth-order valence-electron chi connectivity index (χ4n) is 3.48. The topological polar surface area (TPSA) is 9.72 Å². The molecule has 0 aromatic rings. The number of hydrogen-bond donors (Lipinski definition) is 0. The Morgan fingerprint density at radius 2 is 0.481 bits per heavy atom. The largest absolute Gasteiger partial charge is 0.302 e. The predicted octanol–water partition coefficient (Wildman–Crippen LogP) is 5.89. The molecule has 3 heteroatoms. The Kier molecular flexibility index (Phi) is 20.5. The van der Waals surface area contributed by atoms with Crippen LogP contribution in [0.5, 0.6) is 0 Å². The minimum absolute atomic E-state index is 1.25. The first-order valence-corrected chi connectivity index (χ1v) is 12.4. The summed E-state index contributed by atoms with van der Waals surface area (Å²) in [6.45, 7) is 23.0. The second-order valence-corrected chi connectivity index (χ2v) is 8.29. The summed E-state index contributed by atoms with van der Waals surface area (Å²) in [4.78, 5) is 8.19. The molecule has 0 spiro atoms. The van der Waals surface area contributed by atoms with Gasteiger partial charge >= 0.3 is 0 Å². The molecule has 0 bridgehead atoms. The third-order valence-electron chi connectivity index (χ3n) is 5.60. The summed E-state index contributed by atoms with van der Waals surface area (Å²) in [5.74, 6) is 0. The molecule has 164 valence electrons. The van der Waals surface area contributed by atoms with Gasteiger partial charge in [0.05, 0.1) is 0 Å². The second-order valence-electron chi connectivity index (χ2n) is 8.29. The van der Waals surface area contributed by atoms with E-state index in [2.05, 4.69) is 49.3 Å². The summed E-state index contributed by atoms with van der Waals surface area (Å²) in [6, 6.07) is 0. The van der Waals surface area contributed by atoms with Crippen molar-refractivity contribution >= 4 is 0 Å². The highest BCUT2D eigenvalue weighted by molar-refractivity contribution is 4.67. The molecule has 0 fully saturated rings. The Hall–Kier alpha value is -0.120. The maximum atomic E-state index is 2.75. The van der Waals surface area contributed by atoms with Crippen molar-refractivity contribution in [3.05, 3.63) is 0 Å². The van der Waals surface area contributed by atoms with Gasteiger partial charge in [-0.1, -0.05) is 66.7 Å². The van der Waals surface area contributed by atoms with E-state index in [1.807, 2.05) is 0 Å². The average molecular weight is 384 g/mol. The first-order valence-electron chi connectivity index (χ1n) is 12.4. The molecule has 0 aromatic carbocycles. The molecular formula is C24H53N3. The van der Waals surface area contributed by atoms with Crippen molar-refractivity contribution in [2.75, 3.05) is 58.9 Å². The van der Waals surface area contributed by atoms with Gasteiger partial charge in [-0.25, -0.2) is 0 Å². The second kappa shape index (κ2) is 20.6. The van der Waals surface area contributed by atoms with Gasteiger partial charge in [-0.3, -0.25) is 0 Å². The number of rotatable bonds is 21. The molecule has 0 radical (unpaired) electrons. The molecule has 0 aliphatic rings. The Bertz CT molecular complexity index is 243. The monoisotopic (exact) mass is 383 g/mol. The highest BCUT2D eigenvalue weighted by Gasteiger charge is 2.11. The van der Waals surface area contributed by atoms with E-state index >= 15 is 0 Å². The van der Waals surface area contributed by atoms with Crippen LogP contribution in [0, 0.1) is 0 Å². The standard InChI is InChI=1S/C24H53N3/c1-6-11-16-25(17-12-7-2)21-23-27(20-15-10-5)24-22-26(18-13-8-3)19-14-9-4/h6-24H2,1-5H3. The predicted molar refractivity (Wildman–Crippen MR) is 124 cm³/mol. The molecule has 0 aromatic heterocycles. The van der Waals surface area contributed by atoms with Crippen LogP contribution in [0.25, 0.3) is 0 Å². The Balaban J connectivity index is 4.49. The lowest BCUT2D eigenvalue weighted by Gasteiger charge is -2.30. The fourth-order valence-corrected chi connectivity index (χ4v) is 3.48. The molecule has 0 unspecified atom stereocenters. The summed E-state index contributed by atoms with van der Waals surface area (Å²) in [7, 11) is 0. The van der Waals surface area contributed by atoms with Crippen LogP contribution >= 0.6 is 0 Å². The van der Waals surface area contributed by atoms with Gasteiger partial charge in [0.15, 0.2) is 0 Å². The zero-order valence-corrected chi connectivity index (χ0v) is 19.8. The summed E-state index contributed by atoms with van der Waals surface area (Å²) in [5, 5.41) is 0. The average Bonchev–Trinajstić information content (AvgIpc) is 2.69. The van der Waals surface area contributed by atoms with Crippen molar-refractivity contribution in [1.82, 2.24) is 14.7 Å². The lowest BCUT2D eigenvalue weighted by molar-refractivity contribution is 0.170. The number of unbranched alkanes of at least 4 members (excludes halogenated alkanes) is 5. The minimum Gasteiger partial charge on any atom is -0.302 e. The van der Waals surface area contributed by atoms with E-state index in [0.29, 0.717) is 0 Å². The van der Waals surface area contributed by atoms with Crippen LogP contribution in [0.1, 0.15) is 98.8 Å². The van der Waals surface area contributed by atoms with Crippen LogP contribution in [0.15, 0.2) is 0 Å². The summed E-state index contributed by atoms with van der Waals surface area (Å²) in [6.07, 6.45) is 13.3. The van der Waals surface area contributed by atoms with E-state index < -0.39 is 0 Å². The van der Waals surface area contributed by atoms with Gasteiger partial charge in [-0.05, 0) is 64.8 Å². The van der Waals surface area contributed by atoms with Crippen LogP contribution in [-0.2, 0) is 0 Å². The van der Waals surface area contributed by atoms with E-state index in [1.54, 1.807) is 0 Å². The minimum atomic E-state index is 1.25. The van der Waals surface area contributed by atoms with Crippen molar-refractivity contribution in [2.24, 2.45) is 0 Å². The lowest BCUT2D eigenvalue weighted by Crippen LogP contribution is -2.41. The zero-order valence-electron chi connectivity index (χ0n) is 19.8. The van der Waals surface area contributed by atoms with Crippen molar-refractivity contribution in [1.29, 1.82) is 0 Å². The highest BCUT2D eigenvalue weighted by Crippen LogP contribution is 2.04. The third kappa shape index (κ3) is 16.5. The Morgan fingerprint density at radius 3 is 0.667 bits per heavy atom. The van der Waals surface area contributed by atoms with Gasteiger partial charge in [0.1, 0.15) is 0 Å². The Morgan fingerprint density at radius 1 is 0.296 bits per heavy atom. The quantitative estimate of drug-likeness (QED) is 0.244. The van der Waals surface area contributed by atoms with Crippen LogP contribution in [-0.4, -0.2) is 73.6 Å². The molecule has 0 rings (SSSR count). The molecule has 0 aliphatic heterocycles. The Labute approximate surface area is 172 Å². The summed E-state index contributed by atoms with van der Waals surface area (Å²) >= 11 is 0. The zero-order chi connectivity index (χ0) is 20.2. The number of hydrogen-bond acceptors (Lipinski definition) is 3. The molecule has 0 saturated carbocycles. The molecule has 0 aliphatic carbocycles. The lowest BCUT2D eigenvalue weighted by atomic mass is 10.2. The maximum absolute atomic E-state index is 2.75. The van der Waals surface area contributed by atoms with Crippen LogP contribution in [0.3, 0.4) is 0 Å². The van der Waals surface area contributed by atoms with Gasteiger partial charge in [0, 0.05) is 26.2 Å². The van der Waals surface area contributed by atoms with E-state index in [-0.39, 0.29) is 0 Å². The van der Waals surface area contributed by atoms with Crippen molar-refractivity contribution in [3.63, 3.8) is 0 Å². The van der Waals surface area contributed by atoms with Gasteiger partial charge < -0.3 is 14.7 Å². The molecule has 0 heterocycles. The molecular weight excluding hydrogens is 330 g/mol. The SMILES string of the molecule is CCCCN(CCCC)CCN(CCCC)CCN(CCCC)CCCC. The van der Waals surface area contributed by atoms with Gasteiger partial charge in [0.25, 0.3) is 0 Å². The fraction of sp³-hybridized carbons (Fsp3) is 1.00. The smallest absolute Gasteiger partial charge is 0.0110 e. The molecule has 0 saturated heterocycles.